The maximum Gasteiger partial charge on any atom is 0.0594 e. The summed E-state index contributed by atoms with van der Waals surface area (Å²) in [4.78, 5) is 0. The minimum absolute atomic E-state index is 0.0398. The van der Waals surface area contributed by atoms with Crippen molar-refractivity contribution in [2.24, 2.45) is 56.2 Å². The monoisotopic (exact) mass is 444 g/mol. The van der Waals surface area contributed by atoms with E-state index in [2.05, 4.69) is 48.5 Å². The Kier molecular flexibility index (Phi) is 5.17. The maximum atomic E-state index is 10.9. The molecule has 2 nitrogen and oxygen atoms in total. The summed E-state index contributed by atoms with van der Waals surface area (Å²) in [6, 6.07) is 0. The van der Waals surface area contributed by atoms with Crippen LogP contribution in [0.3, 0.4) is 0 Å². The Hall–Kier alpha value is -0.0800. The van der Waals surface area contributed by atoms with Gasteiger partial charge >= 0.3 is 0 Å². The fourth-order valence-corrected chi connectivity index (χ4v) is 11.4. The number of aliphatic hydroxyl groups excluding tert-OH is 2. The SMILES string of the molecule is CC1(C)CCC2(CO)CC[C@]3(C)C(CCC4C5(C)CCC(O)C(C)(C)C5CCC43C)C2C1. The van der Waals surface area contributed by atoms with Crippen LogP contribution in [0.2, 0.25) is 0 Å². The molecule has 2 heteroatoms. The third-order valence-corrected chi connectivity index (χ3v) is 13.7. The zero-order chi connectivity index (χ0) is 23.4. The van der Waals surface area contributed by atoms with Crippen LogP contribution in [0.25, 0.3) is 0 Å². The summed E-state index contributed by atoms with van der Waals surface area (Å²) >= 11 is 0. The first-order valence-corrected chi connectivity index (χ1v) is 14.0. The van der Waals surface area contributed by atoms with E-state index in [1.54, 1.807) is 0 Å². The highest BCUT2D eigenvalue weighted by molar-refractivity contribution is 5.18. The molecule has 32 heavy (non-hydrogen) atoms. The third-order valence-electron chi connectivity index (χ3n) is 13.7. The molecule has 0 aromatic heterocycles. The molecule has 5 aliphatic carbocycles. The molecule has 5 fully saturated rings. The van der Waals surface area contributed by atoms with E-state index in [1.807, 2.05) is 0 Å². The second kappa shape index (κ2) is 6.99. The fourth-order valence-electron chi connectivity index (χ4n) is 11.4. The lowest BCUT2D eigenvalue weighted by atomic mass is 9.31. The fraction of sp³-hybridized carbons (Fsp3) is 1.00. The molecule has 0 aromatic rings. The van der Waals surface area contributed by atoms with Crippen LogP contribution in [0.5, 0.6) is 0 Å². The smallest absolute Gasteiger partial charge is 0.0594 e. The largest absolute Gasteiger partial charge is 0.396 e. The van der Waals surface area contributed by atoms with Gasteiger partial charge < -0.3 is 10.2 Å². The Bertz CT molecular complexity index is 756. The van der Waals surface area contributed by atoms with Crippen molar-refractivity contribution >= 4 is 0 Å². The highest BCUT2D eigenvalue weighted by atomic mass is 16.3. The van der Waals surface area contributed by atoms with Gasteiger partial charge in [0.2, 0.25) is 0 Å². The van der Waals surface area contributed by atoms with Gasteiger partial charge in [-0.05, 0) is 127 Å². The van der Waals surface area contributed by atoms with Crippen molar-refractivity contribution in [2.75, 3.05) is 6.61 Å². The number of hydrogen-bond acceptors (Lipinski definition) is 2. The molecule has 0 amide bonds. The predicted molar refractivity (Wildman–Crippen MR) is 132 cm³/mol. The molecular formula is C30H52O2. The molecule has 0 saturated heterocycles. The second-order valence-electron chi connectivity index (χ2n) is 15.5. The van der Waals surface area contributed by atoms with E-state index in [0.29, 0.717) is 40.1 Å². The van der Waals surface area contributed by atoms with Gasteiger partial charge in [-0.2, -0.15) is 0 Å². The van der Waals surface area contributed by atoms with Gasteiger partial charge in [0.25, 0.3) is 0 Å². The minimum Gasteiger partial charge on any atom is -0.396 e. The first-order valence-electron chi connectivity index (χ1n) is 14.0. The lowest BCUT2D eigenvalue weighted by Gasteiger charge is -2.73. The molecule has 0 spiro atoms. The normalized spacial score (nSPS) is 56.3. The standard InChI is InChI=1S/C30H52O2/c1-25(2)14-16-30(19-31)17-15-28(6)20(21(30)18-25)8-9-23-27(5)12-11-24(32)26(3,4)22(27)10-13-29(23,28)7/h20-24,31-32H,8-19H2,1-7H3/t20?,21?,22?,23?,24?,27?,28-,29?,30?/m1/s1. The molecule has 0 radical (unpaired) electrons. The number of hydrogen-bond donors (Lipinski definition) is 2. The molecule has 0 bridgehead atoms. The number of aliphatic hydroxyl groups is 2. The summed E-state index contributed by atoms with van der Waals surface area (Å²) in [5.41, 5.74) is 1.80. The molecule has 184 valence electrons. The van der Waals surface area contributed by atoms with Crippen molar-refractivity contribution in [3.8, 4) is 0 Å². The number of fused-ring (bicyclic) bond motifs is 7. The van der Waals surface area contributed by atoms with E-state index < -0.39 is 0 Å². The first kappa shape index (κ1) is 23.7. The van der Waals surface area contributed by atoms with Crippen LogP contribution in [0.15, 0.2) is 0 Å². The van der Waals surface area contributed by atoms with Crippen molar-refractivity contribution in [3.05, 3.63) is 0 Å². The number of rotatable bonds is 1. The van der Waals surface area contributed by atoms with Gasteiger partial charge in [0.1, 0.15) is 0 Å². The topological polar surface area (TPSA) is 40.5 Å². The van der Waals surface area contributed by atoms with E-state index in [4.69, 9.17) is 0 Å². The maximum absolute atomic E-state index is 10.9. The molecule has 0 heterocycles. The van der Waals surface area contributed by atoms with Gasteiger partial charge in [0.05, 0.1) is 6.10 Å². The molecule has 8 unspecified atom stereocenters. The Balaban J connectivity index is 1.53. The molecule has 2 N–H and O–H groups in total. The molecule has 9 atom stereocenters. The summed E-state index contributed by atoms with van der Waals surface area (Å²) in [6.07, 6.45) is 13.8. The van der Waals surface area contributed by atoms with Crippen LogP contribution in [-0.2, 0) is 0 Å². The van der Waals surface area contributed by atoms with Crippen molar-refractivity contribution in [3.63, 3.8) is 0 Å². The van der Waals surface area contributed by atoms with Gasteiger partial charge in [0, 0.05) is 6.61 Å². The summed E-state index contributed by atoms with van der Waals surface area (Å²) in [7, 11) is 0. The van der Waals surface area contributed by atoms with Crippen LogP contribution in [0.4, 0.5) is 0 Å². The molecule has 0 aliphatic heterocycles. The van der Waals surface area contributed by atoms with Crippen LogP contribution in [0.1, 0.15) is 119 Å². The Morgan fingerprint density at radius 1 is 0.656 bits per heavy atom. The highest BCUT2D eigenvalue weighted by Gasteiger charge is 2.69. The summed E-state index contributed by atoms with van der Waals surface area (Å²) in [5.74, 6) is 2.89. The zero-order valence-corrected chi connectivity index (χ0v) is 22.3. The van der Waals surface area contributed by atoms with E-state index in [1.165, 1.54) is 64.2 Å². The minimum atomic E-state index is -0.138. The lowest BCUT2D eigenvalue weighted by Crippen LogP contribution is -2.67. The van der Waals surface area contributed by atoms with Crippen LogP contribution < -0.4 is 0 Å². The first-order chi connectivity index (χ1) is 14.8. The van der Waals surface area contributed by atoms with E-state index >= 15 is 0 Å². The molecule has 5 rings (SSSR count). The van der Waals surface area contributed by atoms with Crippen LogP contribution in [0, 0.1) is 56.2 Å². The summed E-state index contributed by atoms with van der Waals surface area (Å²) in [5, 5.41) is 21.6. The molecule has 5 saturated carbocycles. The zero-order valence-electron chi connectivity index (χ0n) is 22.3. The predicted octanol–water partition coefficient (Wildman–Crippen LogP) is 7.22. The Morgan fingerprint density at radius 2 is 1.34 bits per heavy atom. The van der Waals surface area contributed by atoms with E-state index in [0.717, 1.165) is 18.3 Å². The van der Waals surface area contributed by atoms with Crippen molar-refractivity contribution in [1.82, 2.24) is 0 Å². The van der Waals surface area contributed by atoms with Crippen molar-refractivity contribution < 1.29 is 10.2 Å². The Morgan fingerprint density at radius 3 is 2.03 bits per heavy atom. The van der Waals surface area contributed by atoms with Crippen molar-refractivity contribution in [1.29, 1.82) is 0 Å². The van der Waals surface area contributed by atoms with Gasteiger partial charge in [-0.1, -0.05) is 48.5 Å². The van der Waals surface area contributed by atoms with E-state index in [-0.39, 0.29) is 16.9 Å². The summed E-state index contributed by atoms with van der Waals surface area (Å²) in [6.45, 7) is 18.1. The average molecular weight is 445 g/mol. The van der Waals surface area contributed by atoms with Gasteiger partial charge in [-0.25, -0.2) is 0 Å². The average Bonchev–Trinajstić information content (AvgIpc) is 2.71. The summed E-state index contributed by atoms with van der Waals surface area (Å²) < 4.78 is 0. The Labute approximate surface area is 198 Å². The van der Waals surface area contributed by atoms with Crippen LogP contribution >= 0.6 is 0 Å². The van der Waals surface area contributed by atoms with Gasteiger partial charge in [0.15, 0.2) is 0 Å². The third kappa shape index (κ3) is 2.84. The molecule has 0 aromatic carbocycles. The lowest BCUT2D eigenvalue weighted by molar-refractivity contribution is -0.257. The van der Waals surface area contributed by atoms with Crippen molar-refractivity contribution in [2.45, 2.75) is 125 Å². The molecular weight excluding hydrogens is 392 g/mol. The quantitative estimate of drug-likeness (QED) is 0.448. The van der Waals surface area contributed by atoms with E-state index in [9.17, 15) is 10.2 Å². The van der Waals surface area contributed by atoms with Gasteiger partial charge in [-0.15, -0.1) is 0 Å². The van der Waals surface area contributed by atoms with Gasteiger partial charge in [-0.3, -0.25) is 0 Å². The van der Waals surface area contributed by atoms with Crippen LogP contribution in [-0.4, -0.2) is 22.9 Å². The second-order valence-corrected chi connectivity index (χ2v) is 15.5. The molecule has 5 aliphatic rings. The highest BCUT2D eigenvalue weighted by Crippen LogP contribution is 2.76.